The van der Waals surface area contributed by atoms with Crippen molar-refractivity contribution >= 4 is 11.7 Å². The van der Waals surface area contributed by atoms with Gasteiger partial charge in [0, 0.05) is 13.1 Å². The number of carbonyl (C=O) groups excluding carboxylic acids is 1. The number of fused-ring (bicyclic) bond motifs is 1. The van der Waals surface area contributed by atoms with Crippen molar-refractivity contribution < 1.29 is 14.3 Å². The Morgan fingerprint density at radius 3 is 2.83 bits per heavy atom. The summed E-state index contributed by atoms with van der Waals surface area (Å²) in [5.74, 6) is 1.84. The van der Waals surface area contributed by atoms with Gasteiger partial charge in [0.2, 0.25) is 6.79 Å². The molecule has 7 heteroatoms. The van der Waals surface area contributed by atoms with Gasteiger partial charge in [-0.1, -0.05) is 19.4 Å². The minimum atomic E-state index is -0.264. The second-order valence-electron chi connectivity index (χ2n) is 5.45. The zero-order valence-corrected chi connectivity index (χ0v) is 13.5. The molecule has 1 aliphatic rings. The average Bonchev–Trinajstić information content (AvgIpc) is 3.08. The van der Waals surface area contributed by atoms with Crippen LogP contribution in [0.3, 0.4) is 0 Å². The molecular weight excluding hydrogens is 308 g/mol. The van der Waals surface area contributed by atoms with E-state index in [9.17, 15) is 4.79 Å². The summed E-state index contributed by atoms with van der Waals surface area (Å²) >= 11 is 0. The first kappa shape index (κ1) is 16.0. The van der Waals surface area contributed by atoms with Crippen molar-refractivity contribution in [1.29, 1.82) is 0 Å². The van der Waals surface area contributed by atoms with Crippen LogP contribution in [0.25, 0.3) is 0 Å². The third-order valence-electron chi connectivity index (χ3n) is 3.62. The predicted molar refractivity (Wildman–Crippen MR) is 89.2 cm³/mol. The number of nitrogens with one attached hydrogen (secondary N) is 2. The molecule has 0 spiro atoms. The smallest absolute Gasteiger partial charge is 0.272 e. The zero-order valence-electron chi connectivity index (χ0n) is 13.5. The highest BCUT2D eigenvalue weighted by atomic mass is 16.7. The lowest BCUT2D eigenvalue weighted by Crippen LogP contribution is -2.24. The van der Waals surface area contributed by atoms with Crippen LogP contribution in [0.1, 0.15) is 35.8 Å². The quantitative estimate of drug-likeness (QED) is 0.759. The Hall–Kier alpha value is -2.83. The summed E-state index contributed by atoms with van der Waals surface area (Å²) in [4.78, 5) is 12.1. The molecule has 1 amide bonds. The van der Waals surface area contributed by atoms with Crippen molar-refractivity contribution in [2.45, 2.75) is 26.3 Å². The number of aromatic nitrogens is 2. The molecule has 1 aromatic carbocycles. The largest absolute Gasteiger partial charge is 0.454 e. The molecule has 0 aliphatic carbocycles. The Bertz CT molecular complexity index is 703. The molecule has 3 rings (SSSR count). The summed E-state index contributed by atoms with van der Waals surface area (Å²) in [6.07, 6.45) is 2.18. The first-order chi connectivity index (χ1) is 11.8. The lowest BCUT2D eigenvalue weighted by Gasteiger charge is -2.07. The Labute approximate surface area is 140 Å². The maximum Gasteiger partial charge on any atom is 0.272 e. The van der Waals surface area contributed by atoms with Crippen LogP contribution in [0.4, 0.5) is 5.82 Å². The third-order valence-corrected chi connectivity index (χ3v) is 3.62. The second kappa shape index (κ2) is 7.63. The van der Waals surface area contributed by atoms with Gasteiger partial charge < -0.3 is 20.1 Å². The van der Waals surface area contributed by atoms with Crippen LogP contribution in [0, 0.1) is 0 Å². The highest BCUT2D eigenvalue weighted by Gasteiger charge is 2.14. The number of hydrogen-bond donors (Lipinski definition) is 2. The highest BCUT2D eigenvalue weighted by Crippen LogP contribution is 2.32. The number of ether oxygens (including phenoxy) is 2. The maximum atomic E-state index is 12.1. The van der Waals surface area contributed by atoms with Gasteiger partial charge in [-0.25, -0.2) is 0 Å². The van der Waals surface area contributed by atoms with Crippen molar-refractivity contribution in [2.75, 3.05) is 18.7 Å². The van der Waals surface area contributed by atoms with Gasteiger partial charge in [-0.05, 0) is 36.2 Å². The number of anilines is 1. The zero-order chi connectivity index (χ0) is 16.8. The number of hydrogen-bond acceptors (Lipinski definition) is 6. The molecule has 1 aromatic heterocycles. The van der Waals surface area contributed by atoms with Gasteiger partial charge in [0.25, 0.3) is 5.91 Å². The van der Waals surface area contributed by atoms with Crippen molar-refractivity contribution in [3.05, 3.63) is 41.6 Å². The van der Waals surface area contributed by atoms with Crippen LogP contribution < -0.4 is 20.1 Å². The van der Waals surface area contributed by atoms with Gasteiger partial charge in [0.1, 0.15) is 5.82 Å². The van der Waals surface area contributed by atoms with Crippen LogP contribution >= 0.6 is 0 Å². The monoisotopic (exact) mass is 328 g/mol. The highest BCUT2D eigenvalue weighted by molar-refractivity contribution is 5.92. The minimum Gasteiger partial charge on any atom is -0.454 e. The van der Waals surface area contributed by atoms with Crippen LogP contribution in [0.5, 0.6) is 11.5 Å². The van der Waals surface area contributed by atoms with Crippen LogP contribution in [-0.4, -0.2) is 29.4 Å². The predicted octanol–water partition coefficient (Wildman–Crippen LogP) is 2.35. The molecule has 126 valence electrons. The second-order valence-corrected chi connectivity index (χ2v) is 5.45. The Morgan fingerprint density at radius 2 is 2.04 bits per heavy atom. The van der Waals surface area contributed by atoms with Crippen LogP contribution in [-0.2, 0) is 6.54 Å². The number of benzene rings is 1. The summed E-state index contributed by atoms with van der Waals surface area (Å²) in [6, 6.07) is 9.00. The van der Waals surface area contributed by atoms with Gasteiger partial charge in [-0.2, -0.15) is 0 Å². The van der Waals surface area contributed by atoms with E-state index in [1.165, 1.54) is 0 Å². The average molecular weight is 328 g/mol. The molecule has 0 saturated heterocycles. The topological polar surface area (TPSA) is 85.4 Å². The molecule has 24 heavy (non-hydrogen) atoms. The number of nitrogens with zero attached hydrogens (tertiary/aromatic N) is 2. The number of unbranched alkanes of at least 4 members (excludes halogenated alkanes) is 1. The first-order valence-corrected chi connectivity index (χ1v) is 8.00. The molecule has 2 heterocycles. The first-order valence-electron chi connectivity index (χ1n) is 8.00. The maximum absolute atomic E-state index is 12.1. The summed E-state index contributed by atoms with van der Waals surface area (Å²) in [5.41, 5.74) is 1.22. The summed E-state index contributed by atoms with van der Waals surface area (Å²) in [5, 5.41) is 14.0. The van der Waals surface area contributed by atoms with Crippen molar-refractivity contribution in [1.82, 2.24) is 15.5 Å². The van der Waals surface area contributed by atoms with E-state index in [0.29, 0.717) is 18.1 Å². The number of rotatable bonds is 7. The fraction of sp³-hybridized carbons (Fsp3) is 0.353. The molecule has 2 aromatic rings. The molecule has 2 N–H and O–H groups in total. The van der Waals surface area contributed by atoms with E-state index in [-0.39, 0.29) is 18.4 Å². The van der Waals surface area contributed by atoms with E-state index >= 15 is 0 Å². The van der Waals surface area contributed by atoms with Gasteiger partial charge >= 0.3 is 0 Å². The molecule has 0 radical (unpaired) electrons. The van der Waals surface area contributed by atoms with Gasteiger partial charge in [-0.15, -0.1) is 10.2 Å². The van der Waals surface area contributed by atoms with E-state index in [1.54, 1.807) is 12.1 Å². The van der Waals surface area contributed by atoms with E-state index in [2.05, 4.69) is 27.8 Å². The third kappa shape index (κ3) is 3.92. The lowest BCUT2D eigenvalue weighted by molar-refractivity contribution is 0.0945. The molecule has 1 aliphatic heterocycles. The lowest BCUT2D eigenvalue weighted by atomic mass is 10.2. The van der Waals surface area contributed by atoms with Crippen molar-refractivity contribution in [2.24, 2.45) is 0 Å². The fourth-order valence-electron chi connectivity index (χ4n) is 2.26. The van der Waals surface area contributed by atoms with Gasteiger partial charge in [0.15, 0.2) is 17.2 Å². The molecule has 0 fully saturated rings. The minimum absolute atomic E-state index is 0.235. The van der Waals surface area contributed by atoms with E-state index < -0.39 is 0 Å². The molecule has 0 saturated carbocycles. The molecule has 0 bridgehead atoms. The fourth-order valence-corrected chi connectivity index (χ4v) is 2.26. The van der Waals surface area contributed by atoms with Crippen molar-refractivity contribution in [3.8, 4) is 11.5 Å². The standard InChI is InChI=1S/C17H20N4O3/c1-2-3-8-18-16-7-5-13(20-21-16)17(22)19-10-12-4-6-14-15(9-12)24-11-23-14/h4-7,9H,2-3,8,10-11H2,1H3,(H,18,21)(H,19,22). The Kier molecular flexibility index (Phi) is 5.10. The van der Waals surface area contributed by atoms with Crippen molar-refractivity contribution in [3.63, 3.8) is 0 Å². The number of carbonyl (C=O) groups is 1. The molecule has 0 unspecified atom stereocenters. The van der Waals surface area contributed by atoms with E-state index in [0.717, 1.165) is 30.7 Å². The van der Waals surface area contributed by atoms with Crippen LogP contribution in [0.2, 0.25) is 0 Å². The SMILES string of the molecule is CCCCNc1ccc(C(=O)NCc2ccc3c(c2)OCO3)nn1. The normalized spacial score (nSPS) is 12.0. The summed E-state index contributed by atoms with van der Waals surface area (Å²) in [6.45, 7) is 3.59. The summed E-state index contributed by atoms with van der Waals surface area (Å²) < 4.78 is 10.6. The Balaban J connectivity index is 1.53. The van der Waals surface area contributed by atoms with Crippen LogP contribution in [0.15, 0.2) is 30.3 Å². The molecule has 0 atom stereocenters. The van der Waals surface area contributed by atoms with E-state index in [4.69, 9.17) is 9.47 Å². The van der Waals surface area contributed by atoms with Gasteiger partial charge in [0.05, 0.1) is 0 Å². The number of amides is 1. The van der Waals surface area contributed by atoms with Gasteiger partial charge in [-0.3, -0.25) is 4.79 Å². The molecular formula is C17H20N4O3. The molecule has 7 nitrogen and oxygen atoms in total. The summed E-state index contributed by atoms with van der Waals surface area (Å²) in [7, 11) is 0. The van der Waals surface area contributed by atoms with E-state index in [1.807, 2.05) is 18.2 Å². The Morgan fingerprint density at radius 1 is 1.17 bits per heavy atom.